The van der Waals surface area contributed by atoms with Gasteiger partial charge in [-0.2, -0.15) is 10.2 Å². The standard InChI is InChI=1S/C29H23N5O2/c1-20-14-16-22(17-15-20)27-23(19-34(33-27)24-10-3-2-4-11-24)18-30-32-29(36)28(35)31-26-13-7-9-21-8-5-6-12-25(21)26/h2-19H,1H3,(H,31,35)(H,32,36)/b30-18-. The third-order valence-electron chi connectivity index (χ3n) is 5.70. The second kappa shape index (κ2) is 10.1. The van der Waals surface area contributed by atoms with Crippen LogP contribution in [-0.2, 0) is 9.59 Å². The topological polar surface area (TPSA) is 88.4 Å². The van der Waals surface area contributed by atoms with Gasteiger partial charge in [-0.3, -0.25) is 9.59 Å². The van der Waals surface area contributed by atoms with Crippen LogP contribution in [0.2, 0.25) is 0 Å². The van der Waals surface area contributed by atoms with E-state index in [9.17, 15) is 9.59 Å². The Balaban J connectivity index is 1.35. The Kier molecular flexibility index (Phi) is 6.36. The van der Waals surface area contributed by atoms with Crippen molar-refractivity contribution in [3.05, 3.63) is 114 Å². The summed E-state index contributed by atoms with van der Waals surface area (Å²) in [4.78, 5) is 24.9. The maximum Gasteiger partial charge on any atom is 0.329 e. The van der Waals surface area contributed by atoms with Crippen LogP contribution in [0.1, 0.15) is 11.1 Å². The predicted molar refractivity (Wildman–Crippen MR) is 142 cm³/mol. The minimum Gasteiger partial charge on any atom is -0.317 e. The maximum atomic E-state index is 12.5. The van der Waals surface area contributed by atoms with Gasteiger partial charge in [0.25, 0.3) is 0 Å². The fourth-order valence-electron chi connectivity index (χ4n) is 3.86. The van der Waals surface area contributed by atoms with Crippen LogP contribution in [0, 0.1) is 6.92 Å². The van der Waals surface area contributed by atoms with Crippen molar-refractivity contribution in [2.75, 3.05) is 5.32 Å². The zero-order chi connectivity index (χ0) is 24.9. The van der Waals surface area contributed by atoms with Crippen molar-refractivity contribution in [1.29, 1.82) is 0 Å². The number of benzene rings is 4. The molecule has 0 radical (unpaired) electrons. The van der Waals surface area contributed by atoms with Crippen molar-refractivity contribution in [2.45, 2.75) is 6.92 Å². The fourth-order valence-corrected chi connectivity index (χ4v) is 3.86. The number of nitrogens with one attached hydrogen (secondary N) is 2. The lowest BCUT2D eigenvalue weighted by molar-refractivity contribution is -0.136. The molecule has 0 aliphatic carbocycles. The van der Waals surface area contributed by atoms with Gasteiger partial charge >= 0.3 is 11.8 Å². The van der Waals surface area contributed by atoms with E-state index in [0.717, 1.165) is 27.6 Å². The maximum absolute atomic E-state index is 12.5. The first-order valence-corrected chi connectivity index (χ1v) is 11.4. The van der Waals surface area contributed by atoms with Gasteiger partial charge in [0.2, 0.25) is 0 Å². The number of hydrazone groups is 1. The van der Waals surface area contributed by atoms with Crippen LogP contribution in [0.5, 0.6) is 0 Å². The molecule has 36 heavy (non-hydrogen) atoms. The van der Waals surface area contributed by atoms with Crippen LogP contribution in [0.15, 0.2) is 108 Å². The van der Waals surface area contributed by atoms with Gasteiger partial charge < -0.3 is 5.32 Å². The van der Waals surface area contributed by atoms with E-state index >= 15 is 0 Å². The molecule has 176 valence electrons. The molecule has 5 aromatic rings. The number of rotatable bonds is 5. The van der Waals surface area contributed by atoms with Crippen molar-refractivity contribution in [3.8, 4) is 16.9 Å². The molecule has 0 saturated heterocycles. The molecule has 0 saturated carbocycles. The zero-order valence-electron chi connectivity index (χ0n) is 19.6. The molecule has 2 amide bonds. The molecular formula is C29H23N5O2. The number of carbonyl (C=O) groups excluding carboxylic acids is 2. The van der Waals surface area contributed by atoms with Gasteiger partial charge in [0, 0.05) is 28.4 Å². The summed E-state index contributed by atoms with van der Waals surface area (Å²) in [7, 11) is 0. The van der Waals surface area contributed by atoms with Gasteiger partial charge in [-0.1, -0.05) is 84.4 Å². The van der Waals surface area contributed by atoms with Crippen LogP contribution in [0.25, 0.3) is 27.7 Å². The molecule has 1 aromatic heterocycles. The van der Waals surface area contributed by atoms with Gasteiger partial charge in [-0.25, -0.2) is 10.1 Å². The van der Waals surface area contributed by atoms with Crippen LogP contribution in [0.4, 0.5) is 5.69 Å². The molecule has 0 atom stereocenters. The molecule has 4 aromatic carbocycles. The summed E-state index contributed by atoms with van der Waals surface area (Å²) < 4.78 is 1.76. The number of para-hydroxylation sites is 1. The monoisotopic (exact) mass is 473 g/mol. The van der Waals surface area contributed by atoms with Crippen molar-refractivity contribution < 1.29 is 9.59 Å². The van der Waals surface area contributed by atoms with E-state index < -0.39 is 11.8 Å². The summed E-state index contributed by atoms with van der Waals surface area (Å²) in [5.41, 5.74) is 7.22. The second-order valence-corrected chi connectivity index (χ2v) is 8.26. The lowest BCUT2D eigenvalue weighted by Gasteiger charge is -2.07. The largest absolute Gasteiger partial charge is 0.329 e. The van der Waals surface area contributed by atoms with Gasteiger partial charge in [0.15, 0.2) is 0 Å². The van der Waals surface area contributed by atoms with E-state index in [1.54, 1.807) is 10.7 Å². The highest BCUT2D eigenvalue weighted by molar-refractivity contribution is 6.40. The number of hydrogen-bond acceptors (Lipinski definition) is 4. The van der Waals surface area contributed by atoms with E-state index in [0.29, 0.717) is 16.9 Å². The smallest absolute Gasteiger partial charge is 0.317 e. The number of aryl methyl sites for hydroxylation is 1. The molecule has 0 fully saturated rings. The summed E-state index contributed by atoms with van der Waals surface area (Å²) in [6, 6.07) is 30.8. The van der Waals surface area contributed by atoms with Crippen molar-refractivity contribution in [2.24, 2.45) is 5.10 Å². The summed E-state index contributed by atoms with van der Waals surface area (Å²) in [6.45, 7) is 2.02. The third kappa shape index (κ3) is 4.90. The van der Waals surface area contributed by atoms with Gasteiger partial charge in [0.05, 0.1) is 11.9 Å². The van der Waals surface area contributed by atoms with Gasteiger partial charge in [-0.15, -0.1) is 0 Å². The summed E-state index contributed by atoms with van der Waals surface area (Å²) in [6.07, 6.45) is 3.32. The number of fused-ring (bicyclic) bond motifs is 1. The van der Waals surface area contributed by atoms with Crippen LogP contribution in [-0.4, -0.2) is 27.8 Å². The molecular weight excluding hydrogens is 450 g/mol. The van der Waals surface area contributed by atoms with Crippen molar-refractivity contribution in [1.82, 2.24) is 15.2 Å². The fraction of sp³-hybridized carbons (Fsp3) is 0.0345. The zero-order valence-corrected chi connectivity index (χ0v) is 19.6. The molecule has 7 nitrogen and oxygen atoms in total. The highest BCUT2D eigenvalue weighted by Crippen LogP contribution is 2.24. The van der Waals surface area contributed by atoms with Crippen LogP contribution >= 0.6 is 0 Å². The molecule has 2 N–H and O–H groups in total. The Bertz CT molecular complexity index is 1570. The number of carbonyl (C=O) groups is 2. The number of anilines is 1. The van der Waals surface area contributed by atoms with E-state index in [4.69, 9.17) is 5.10 Å². The molecule has 0 spiro atoms. The van der Waals surface area contributed by atoms with Crippen LogP contribution in [0.3, 0.4) is 0 Å². The van der Waals surface area contributed by atoms with Crippen molar-refractivity contribution >= 4 is 34.5 Å². The van der Waals surface area contributed by atoms with Gasteiger partial charge in [0.1, 0.15) is 5.69 Å². The van der Waals surface area contributed by atoms with Crippen LogP contribution < -0.4 is 10.7 Å². The highest BCUT2D eigenvalue weighted by Gasteiger charge is 2.15. The number of nitrogens with zero attached hydrogens (tertiary/aromatic N) is 3. The van der Waals surface area contributed by atoms with E-state index in [-0.39, 0.29) is 0 Å². The lowest BCUT2D eigenvalue weighted by Crippen LogP contribution is -2.32. The molecule has 0 aliphatic rings. The Morgan fingerprint density at radius 3 is 2.36 bits per heavy atom. The third-order valence-corrected chi connectivity index (χ3v) is 5.70. The Hall–Kier alpha value is -5.04. The molecule has 0 aliphatic heterocycles. The molecule has 7 heteroatoms. The molecule has 0 bridgehead atoms. The van der Waals surface area contributed by atoms with E-state index in [1.165, 1.54) is 6.21 Å². The minimum atomic E-state index is -0.869. The quantitative estimate of drug-likeness (QED) is 0.212. The first-order chi connectivity index (χ1) is 17.6. The number of amides is 2. The predicted octanol–water partition coefficient (Wildman–Crippen LogP) is 5.09. The normalized spacial score (nSPS) is 11.0. The Morgan fingerprint density at radius 2 is 1.56 bits per heavy atom. The molecule has 5 rings (SSSR count). The average molecular weight is 474 g/mol. The SMILES string of the molecule is Cc1ccc(-c2nn(-c3ccccc3)cc2/C=N\NC(=O)C(=O)Nc2cccc3ccccc23)cc1. The summed E-state index contributed by atoms with van der Waals surface area (Å²) in [5, 5.41) is 13.2. The lowest BCUT2D eigenvalue weighted by atomic mass is 10.1. The first-order valence-electron chi connectivity index (χ1n) is 11.4. The Labute approximate surface area is 208 Å². The number of hydrogen-bond donors (Lipinski definition) is 2. The second-order valence-electron chi connectivity index (χ2n) is 8.26. The van der Waals surface area contributed by atoms with Crippen molar-refractivity contribution in [3.63, 3.8) is 0 Å². The number of aromatic nitrogens is 2. The molecule has 0 unspecified atom stereocenters. The molecule has 1 heterocycles. The van der Waals surface area contributed by atoms with E-state index in [1.807, 2.05) is 104 Å². The average Bonchev–Trinajstić information content (AvgIpc) is 3.34. The van der Waals surface area contributed by atoms with E-state index in [2.05, 4.69) is 15.8 Å². The summed E-state index contributed by atoms with van der Waals surface area (Å²) in [5.74, 6) is -1.67. The highest BCUT2D eigenvalue weighted by atomic mass is 16.2. The summed E-state index contributed by atoms with van der Waals surface area (Å²) >= 11 is 0. The van der Waals surface area contributed by atoms with Gasteiger partial charge in [-0.05, 0) is 30.5 Å². The Morgan fingerprint density at radius 1 is 0.833 bits per heavy atom. The first kappa shape index (κ1) is 22.7. The minimum absolute atomic E-state index is 0.558.